The van der Waals surface area contributed by atoms with Gasteiger partial charge < -0.3 is 0 Å². The first-order valence-corrected chi connectivity index (χ1v) is 8.52. The van der Waals surface area contributed by atoms with Crippen LogP contribution in [-0.4, -0.2) is 5.78 Å². The molecule has 1 aliphatic carbocycles. The molecular weight excluding hydrogens is 232 g/mol. The van der Waals surface area contributed by atoms with Gasteiger partial charge in [-0.3, -0.25) is 4.79 Å². The van der Waals surface area contributed by atoms with Crippen molar-refractivity contribution in [2.75, 3.05) is 0 Å². The van der Waals surface area contributed by atoms with Crippen LogP contribution in [0.3, 0.4) is 0 Å². The SMILES string of the molecule is CCCCCCCCC=CCCCCC1CCC1=O. The molecule has 0 N–H and O–H groups in total. The molecule has 0 bridgehead atoms. The van der Waals surface area contributed by atoms with Crippen molar-refractivity contribution in [2.45, 2.75) is 90.4 Å². The standard InChI is InChI=1S/C18H32O/c1-2-3-4-5-6-7-8-9-10-11-12-13-14-17-15-16-18(17)19/h9-10,17H,2-8,11-16H2,1H3. The number of carbonyl (C=O) groups excluding carboxylic acids is 1. The molecule has 0 heterocycles. The fourth-order valence-electron chi connectivity index (χ4n) is 2.70. The van der Waals surface area contributed by atoms with E-state index in [9.17, 15) is 4.79 Å². The predicted octanol–water partition coefficient (Wildman–Crippen LogP) is 5.83. The van der Waals surface area contributed by atoms with Crippen LogP contribution in [0, 0.1) is 5.92 Å². The summed E-state index contributed by atoms with van der Waals surface area (Å²) >= 11 is 0. The lowest BCUT2D eigenvalue weighted by Gasteiger charge is -2.23. The van der Waals surface area contributed by atoms with Crippen LogP contribution in [-0.2, 0) is 4.79 Å². The fraction of sp³-hybridized carbons (Fsp3) is 0.833. The molecule has 1 atom stereocenters. The lowest BCUT2D eigenvalue weighted by molar-refractivity contribution is -0.129. The molecule has 1 heteroatoms. The van der Waals surface area contributed by atoms with E-state index < -0.39 is 0 Å². The molecule has 19 heavy (non-hydrogen) atoms. The minimum Gasteiger partial charge on any atom is -0.299 e. The van der Waals surface area contributed by atoms with Crippen molar-refractivity contribution in [3.63, 3.8) is 0 Å². The molecule has 1 unspecified atom stereocenters. The number of hydrogen-bond acceptors (Lipinski definition) is 1. The Labute approximate surface area is 119 Å². The number of hydrogen-bond donors (Lipinski definition) is 0. The average Bonchev–Trinajstić information content (AvgIpc) is 2.42. The average molecular weight is 264 g/mol. The summed E-state index contributed by atoms with van der Waals surface area (Å²) < 4.78 is 0. The van der Waals surface area contributed by atoms with Crippen molar-refractivity contribution in [3.8, 4) is 0 Å². The van der Waals surface area contributed by atoms with Crippen molar-refractivity contribution in [3.05, 3.63) is 12.2 Å². The quantitative estimate of drug-likeness (QED) is 0.320. The number of allylic oxidation sites excluding steroid dienone is 2. The normalized spacial score (nSPS) is 19.0. The van der Waals surface area contributed by atoms with Crippen LogP contribution in [0.2, 0.25) is 0 Å². The highest BCUT2D eigenvalue weighted by atomic mass is 16.1. The van der Waals surface area contributed by atoms with E-state index in [1.54, 1.807) is 0 Å². The summed E-state index contributed by atoms with van der Waals surface area (Å²) in [7, 11) is 0. The Kier molecular flexibility index (Phi) is 9.75. The van der Waals surface area contributed by atoms with E-state index in [4.69, 9.17) is 0 Å². The van der Waals surface area contributed by atoms with Crippen LogP contribution < -0.4 is 0 Å². The molecule has 110 valence electrons. The summed E-state index contributed by atoms with van der Waals surface area (Å²) in [5.41, 5.74) is 0. The van der Waals surface area contributed by atoms with E-state index in [0.717, 1.165) is 19.3 Å². The van der Waals surface area contributed by atoms with Gasteiger partial charge in [-0.25, -0.2) is 0 Å². The fourth-order valence-corrected chi connectivity index (χ4v) is 2.70. The molecule has 0 aromatic rings. The molecule has 0 aromatic carbocycles. The van der Waals surface area contributed by atoms with Crippen LogP contribution in [0.15, 0.2) is 12.2 Å². The molecule has 0 aromatic heterocycles. The first-order chi connectivity index (χ1) is 9.34. The van der Waals surface area contributed by atoms with Crippen LogP contribution in [0.5, 0.6) is 0 Å². The molecule has 1 fully saturated rings. The number of ketones is 1. The highest BCUT2D eigenvalue weighted by Gasteiger charge is 2.26. The highest BCUT2D eigenvalue weighted by molar-refractivity contribution is 5.86. The zero-order valence-electron chi connectivity index (χ0n) is 12.8. The van der Waals surface area contributed by atoms with Gasteiger partial charge >= 0.3 is 0 Å². The molecule has 0 radical (unpaired) electrons. The summed E-state index contributed by atoms with van der Waals surface area (Å²) in [5, 5.41) is 0. The monoisotopic (exact) mass is 264 g/mol. The number of carbonyl (C=O) groups is 1. The number of rotatable bonds is 12. The molecule has 1 saturated carbocycles. The zero-order chi connectivity index (χ0) is 13.8. The van der Waals surface area contributed by atoms with Crippen molar-refractivity contribution < 1.29 is 4.79 Å². The number of unbranched alkanes of at least 4 members (excludes halogenated alkanes) is 8. The third-order valence-corrected chi connectivity index (χ3v) is 4.26. The lowest BCUT2D eigenvalue weighted by atomic mass is 9.80. The van der Waals surface area contributed by atoms with Crippen molar-refractivity contribution in [1.29, 1.82) is 0 Å². The summed E-state index contributed by atoms with van der Waals surface area (Å²) in [5.74, 6) is 0.950. The summed E-state index contributed by atoms with van der Waals surface area (Å²) in [4.78, 5) is 11.1. The van der Waals surface area contributed by atoms with Crippen LogP contribution in [0.25, 0.3) is 0 Å². The van der Waals surface area contributed by atoms with Crippen LogP contribution in [0.1, 0.15) is 90.4 Å². The van der Waals surface area contributed by atoms with Gasteiger partial charge in [-0.1, -0.05) is 57.6 Å². The Bertz CT molecular complexity index is 254. The van der Waals surface area contributed by atoms with Crippen molar-refractivity contribution in [2.24, 2.45) is 5.92 Å². The zero-order valence-corrected chi connectivity index (χ0v) is 12.8. The Morgan fingerprint density at radius 2 is 1.58 bits per heavy atom. The largest absolute Gasteiger partial charge is 0.299 e. The van der Waals surface area contributed by atoms with Gasteiger partial charge in [-0.05, 0) is 38.5 Å². The van der Waals surface area contributed by atoms with E-state index in [-0.39, 0.29) is 0 Å². The van der Waals surface area contributed by atoms with E-state index in [1.807, 2.05) is 0 Å². The van der Waals surface area contributed by atoms with Crippen molar-refractivity contribution in [1.82, 2.24) is 0 Å². The first kappa shape index (κ1) is 16.5. The predicted molar refractivity (Wildman–Crippen MR) is 83.3 cm³/mol. The molecule has 0 saturated heterocycles. The summed E-state index contributed by atoms with van der Waals surface area (Å²) in [6.45, 7) is 2.27. The van der Waals surface area contributed by atoms with E-state index in [1.165, 1.54) is 64.2 Å². The number of Topliss-reactive ketones (excluding diaryl/α,β-unsaturated/α-hetero) is 1. The second kappa shape index (κ2) is 11.3. The van der Waals surface area contributed by atoms with Gasteiger partial charge in [0.25, 0.3) is 0 Å². The first-order valence-electron chi connectivity index (χ1n) is 8.52. The van der Waals surface area contributed by atoms with E-state index in [2.05, 4.69) is 19.1 Å². The molecule has 1 nitrogen and oxygen atoms in total. The maximum atomic E-state index is 11.1. The highest BCUT2D eigenvalue weighted by Crippen LogP contribution is 2.27. The van der Waals surface area contributed by atoms with Gasteiger partial charge in [0.1, 0.15) is 5.78 Å². The Balaban J connectivity index is 1.76. The molecule has 1 rings (SSSR count). The van der Waals surface area contributed by atoms with Gasteiger partial charge in [-0.2, -0.15) is 0 Å². The minimum absolute atomic E-state index is 0.437. The third kappa shape index (κ3) is 8.23. The Morgan fingerprint density at radius 1 is 0.947 bits per heavy atom. The second-order valence-corrected chi connectivity index (χ2v) is 6.01. The molecular formula is C18H32O. The lowest BCUT2D eigenvalue weighted by Crippen LogP contribution is -2.25. The third-order valence-electron chi connectivity index (χ3n) is 4.26. The van der Waals surface area contributed by atoms with E-state index in [0.29, 0.717) is 11.7 Å². The maximum Gasteiger partial charge on any atom is 0.136 e. The van der Waals surface area contributed by atoms with Gasteiger partial charge in [0, 0.05) is 12.3 Å². The van der Waals surface area contributed by atoms with Gasteiger partial charge in [0.15, 0.2) is 0 Å². The van der Waals surface area contributed by atoms with E-state index >= 15 is 0 Å². The molecule has 0 aliphatic heterocycles. The molecule has 0 spiro atoms. The van der Waals surface area contributed by atoms with Crippen LogP contribution in [0.4, 0.5) is 0 Å². The van der Waals surface area contributed by atoms with Gasteiger partial charge in [0.2, 0.25) is 0 Å². The van der Waals surface area contributed by atoms with Crippen LogP contribution >= 0.6 is 0 Å². The topological polar surface area (TPSA) is 17.1 Å². The summed E-state index contributed by atoms with van der Waals surface area (Å²) in [6.07, 6.45) is 21.1. The minimum atomic E-state index is 0.437. The van der Waals surface area contributed by atoms with Gasteiger partial charge in [0.05, 0.1) is 0 Å². The smallest absolute Gasteiger partial charge is 0.136 e. The van der Waals surface area contributed by atoms with Crippen molar-refractivity contribution >= 4 is 5.78 Å². The molecule has 1 aliphatic rings. The molecule has 0 amide bonds. The maximum absolute atomic E-state index is 11.1. The Morgan fingerprint density at radius 3 is 2.16 bits per heavy atom. The Hall–Kier alpha value is -0.590. The van der Waals surface area contributed by atoms with Gasteiger partial charge in [-0.15, -0.1) is 0 Å². The second-order valence-electron chi connectivity index (χ2n) is 6.01. The summed E-state index contributed by atoms with van der Waals surface area (Å²) in [6, 6.07) is 0.